The zero-order valence-corrected chi connectivity index (χ0v) is 13.2. The number of hydrogen-bond donors (Lipinski definition) is 1. The smallest absolute Gasteiger partial charge is 0.133 e. The summed E-state index contributed by atoms with van der Waals surface area (Å²) in [5, 5.41) is 4.57. The van der Waals surface area contributed by atoms with Crippen LogP contribution >= 0.6 is 15.9 Å². The molecule has 0 atom stereocenters. The van der Waals surface area contributed by atoms with Crippen LogP contribution in [0.2, 0.25) is 0 Å². The maximum atomic E-state index is 5.23. The average molecular weight is 343 g/mol. The molecule has 1 aromatic heterocycles. The van der Waals surface area contributed by atoms with E-state index in [1.807, 2.05) is 30.5 Å². The molecule has 0 aliphatic heterocycles. The number of nitrogens with one attached hydrogen (secondary N) is 1. The number of pyridine rings is 1. The van der Waals surface area contributed by atoms with Crippen molar-refractivity contribution in [3.8, 4) is 5.75 Å². The minimum atomic E-state index is 0.767. The molecule has 0 radical (unpaired) electrons. The van der Waals surface area contributed by atoms with Crippen molar-refractivity contribution in [2.24, 2.45) is 0 Å². The lowest BCUT2D eigenvalue weighted by Gasteiger charge is -2.09. The number of hydrogen-bond acceptors (Lipinski definition) is 3. The van der Waals surface area contributed by atoms with E-state index in [2.05, 4.69) is 50.5 Å². The first-order valence-electron chi connectivity index (χ1n) is 6.67. The first kappa shape index (κ1) is 13.9. The van der Waals surface area contributed by atoms with Crippen LogP contribution in [0, 0.1) is 0 Å². The predicted molar refractivity (Wildman–Crippen MR) is 89.8 cm³/mol. The maximum absolute atomic E-state index is 5.23. The molecule has 21 heavy (non-hydrogen) atoms. The summed E-state index contributed by atoms with van der Waals surface area (Å²) in [7, 11) is 1.66. The van der Waals surface area contributed by atoms with Gasteiger partial charge in [-0.2, -0.15) is 0 Å². The second-order valence-electron chi connectivity index (χ2n) is 4.73. The van der Waals surface area contributed by atoms with Crippen LogP contribution in [0.4, 0.5) is 5.69 Å². The van der Waals surface area contributed by atoms with E-state index in [1.54, 1.807) is 7.11 Å². The van der Waals surface area contributed by atoms with Gasteiger partial charge in [-0.3, -0.25) is 4.98 Å². The Bertz CT molecular complexity index is 774. The average Bonchev–Trinajstić information content (AvgIpc) is 2.53. The largest absolute Gasteiger partial charge is 0.496 e. The second-order valence-corrected chi connectivity index (χ2v) is 5.59. The van der Waals surface area contributed by atoms with Crippen molar-refractivity contribution in [2.45, 2.75) is 6.54 Å². The van der Waals surface area contributed by atoms with Gasteiger partial charge in [-0.05, 0) is 57.9 Å². The summed E-state index contributed by atoms with van der Waals surface area (Å²) >= 11 is 3.49. The molecular formula is C17H15BrN2O. The molecule has 2 aromatic carbocycles. The zero-order valence-electron chi connectivity index (χ0n) is 11.6. The highest BCUT2D eigenvalue weighted by Gasteiger charge is 2.02. The molecule has 0 spiro atoms. The number of benzene rings is 2. The van der Waals surface area contributed by atoms with E-state index in [9.17, 15) is 0 Å². The molecule has 0 amide bonds. The van der Waals surface area contributed by atoms with Crippen LogP contribution in [-0.2, 0) is 6.54 Å². The molecule has 0 aliphatic rings. The Kier molecular flexibility index (Phi) is 4.06. The number of anilines is 1. The molecule has 0 fully saturated rings. The second kappa shape index (κ2) is 6.14. The molecule has 3 aromatic rings. The fourth-order valence-electron chi connectivity index (χ4n) is 2.22. The quantitative estimate of drug-likeness (QED) is 0.751. The molecule has 3 nitrogen and oxygen atoms in total. The molecule has 0 unspecified atom stereocenters. The van der Waals surface area contributed by atoms with Crippen molar-refractivity contribution in [2.75, 3.05) is 12.4 Å². The lowest BCUT2D eigenvalue weighted by atomic mass is 10.1. The van der Waals surface area contributed by atoms with E-state index < -0.39 is 0 Å². The third-order valence-corrected chi connectivity index (χ3v) is 3.94. The maximum Gasteiger partial charge on any atom is 0.133 e. The van der Waals surface area contributed by atoms with Crippen molar-refractivity contribution in [1.29, 1.82) is 0 Å². The molecule has 0 saturated heterocycles. The Balaban J connectivity index is 1.75. The third kappa shape index (κ3) is 3.16. The fourth-order valence-corrected chi connectivity index (χ4v) is 2.76. The van der Waals surface area contributed by atoms with Gasteiger partial charge in [-0.25, -0.2) is 0 Å². The summed E-state index contributed by atoms with van der Waals surface area (Å²) < 4.78 is 6.17. The van der Waals surface area contributed by atoms with Crippen molar-refractivity contribution in [3.63, 3.8) is 0 Å². The van der Waals surface area contributed by atoms with Gasteiger partial charge in [0.15, 0.2) is 0 Å². The lowest BCUT2D eigenvalue weighted by Crippen LogP contribution is -1.99. The SMILES string of the molecule is COc1ccc(NCc2ccc3ncccc3c2)cc1Br. The molecule has 1 heterocycles. The highest BCUT2D eigenvalue weighted by molar-refractivity contribution is 9.10. The highest BCUT2D eigenvalue weighted by Crippen LogP contribution is 2.28. The van der Waals surface area contributed by atoms with Crippen molar-refractivity contribution >= 4 is 32.5 Å². The van der Waals surface area contributed by atoms with Crippen LogP contribution in [0.25, 0.3) is 10.9 Å². The summed E-state index contributed by atoms with van der Waals surface area (Å²) in [5.74, 6) is 0.831. The number of aromatic nitrogens is 1. The first-order chi connectivity index (χ1) is 10.3. The number of nitrogens with zero attached hydrogens (tertiary/aromatic N) is 1. The summed E-state index contributed by atoms with van der Waals surface area (Å²) in [4.78, 5) is 4.33. The van der Waals surface area contributed by atoms with Crippen LogP contribution in [0.15, 0.2) is 59.2 Å². The number of fused-ring (bicyclic) bond motifs is 1. The molecule has 1 N–H and O–H groups in total. The highest BCUT2D eigenvalue weighted by atomic mass is 79.9. The summed E-state index contributed by atoms with van der Waals surface area (Å²) in [5.41, 5.74) is 3.30. The van der Waals surface area contributed by atoms with E-state index in [4.69, 9.17) is 4.74 Å². The van der Waals surface area contributed by atoms with Crippen molar-refractivity contribution < 1.29 is 4.74 Å². The first-order valence-corrected chi connectivity index (χ1v) is 7.46. The van der Waals surface area contributed by atoms with Gasteiger partial charge in [-0.15, -0.1) is 0 Å². The van der Waals surface area contributed by atoms with E-state index >= 15 is 0 Å². The van der Waals surface area contributed by atoms with Gasteiger partial charge in [0.2, 0.25) is 0 Å². The van der Waals surface area contributed by atoms with Crippen LogP contribution < -0.4 is 10.1 Å². The Morgan fingerprint density at radius 1 is 1.14 bits per heavy atom. The Morgan fingerprint density at radius 3 is 2.86 bits per heavy atom. The predicted octanol–water partition coefficient (Wildman–Crippen LogP) is 4.62. The summed E-state index contributed by atoms with van der Waals surface area (Å²) in [6.45, 7) is 0.767. The fraction of sp³-hybridized carbons (Fsp3) is 0.118. The third-order valence-electron chi connectivity index (χ3n) is 3.32. The number of rotatable bonds is 4. The molecule has 0 saturated carbocycles. The van der Waals surface area contributed by atoms with Crippen molar-refractivity contribution in [1.82, 2.24) is 4.98 Å². The summed E-state index contributed by atoms with van der Waals surface area (Å²) in [6, 6.07) is 16.3. The molecule has 0 aliphatic carbocycles. The zero-order chi connectivity index (χ0) is 14.7. The van der Waals surface area contributed by atoms with Gasteiger partial charge in [0, 0.05) is 23.8 Å². The standard InChI is InChI=1S/C17H15BrN2O/c1-21-17-7-5-14(10-15(17)18)20-11-12-4-6-16-13(9-12)3-2-8-19-16/h2-10,20H,11H2,1H3. The number of halogens is 1. The molecule has 106 valence electrons. The van der Waals surface area contributed by atoms with Gasteiger partial charge in [0.1, 0.15) is 5.75 Å². The van der Waals surface area contributed by atoms with Crippen LogP contribution in [0.5, 0.6) is 5.75 Å². The van der Waals surface area contributed by atoms with E-state index in [0.29, 0.717) is 0 Å². The van der Waals surface area contributed by atoms with Gasteiger partial charge in [0.05, 0.1) is 17.1 Å². The van der Waals surface area contributed by atoms with Crippen LogP contribution in [0.1, 0.15) is 5.56 Å². The van der Waals surface area contributed by atoms with Gasteiger partial charge in [0.25, 0.3) is 0 Å². The van der Waals surface area contributed by atoms with Gasteiger partial charge in [-0.1, -0.05) is 12.1 Å². The number of ether oxygens (including phenoxy) is 1. The van der Waals surface area contributed by atoms with Crippen LogP contribution in [-0.4, -0.2) is 12.1 Å². The Labute approximate surface area is 132 Å². The number of methoxy groups -OCH3 is 1. The molecule has 4 heteroatoms. The monoisotopic (exact) mass is 342 g/mol. The minimum absolute atomic E-state index is 0.767. The van der Waals surface area contributed by atoms with E-state index in [-0.39, 0.29) is 0 Å². The minimum Gasteiger partial charge on any atom is -0.496 e. The van der Waals surface area contributed by atoms with Gasteiger partial charge >= 0.3 is 0 Å². The van der Waals surface area contributed by atoms with E-state index in [0.717, 1.165) is 33.4 Å². The van der Waals surface area contributed by atoms with Gasteiger partial charge < -0.3 is 10.1 Å². The lowest BCUT2D eigenvalue weighted by molar-refractivity contribution is 0.412. The summed E-state index contributed by atoms with van der Waals surface area (Å²) in [6.07, 6.45) is 1.81. The van der Waals surface area contributed by atoms with Crippen LogP contribution in [0.3, 0.4) is 0 Å². The topological polar surface area (TPSA) is 34.1 Å². The molecule has 0 bridgehead atoms. The molecular weight excluding hydrogens is 328 g/mol. The molecule has 3 rings (SSSR count). The van der Waals surface area contributed by atoms with E-state index in [1.165, 1.54) is 5.56 Å². The Morgan fingerprint density at radius 2 is 2.05 bits per heavy atom. The van der Waals surface area contributed by atoms with Crippen molar-refractivity contribution in [3.05, 3.63) is 64.8 Å². The normalized spacial score (nSPS) is 10.6. The Hall–Kier alpha value is -2.07.